The van der Waals surface area contributed by atoms with Crippen molar-refractivity contribution in [2.45, 2.75) is 13.5 Å². The van der Waals surface area contributed by atoms with Crippen LogP contribution in [0, 0.1) is 6.92 Å². The van der Waals surface area contributed by atoms with Gasteiger partial charge >= 0.3 is 0 Å². The van der Waals surface area contributed by atoms with Crippen LogP contribution >= 0.6 is 0 Å². The van der Waals surface area contributed by atoms with Gasteiger partial charge in [-0.1, -0.05) is 0 Å². The molecule has 0 bridgehead atoms. The molecule has 0 spiro atoms. The standard InChI is InChI=1S/C13H18N4/c1-11-15-9-13-8-12(2-5-17(11)13)10-16-6-3-14-4-7-16/h2,5,8-9,14H,3-4,6-7,10H2,1H3. The third-order valence-electron chi connectivity index (χ3n) is 3.40. The normalized spacial score (nSPS) is 17.7. The fourth-order valence-electron chi connectivity index (χ4n) is 2.41. The van der Waals surface area contributed by atoms with Gasteiger partial charge in [-0.25, -0.2) is 4.98 Å². The molecule has 2 aromatic heterocycles. The zero-order valence-electron chi connectivity index (χ0n) is 10.2. The van der Waals surface area contributed by atoms with E-state index in [9.17, 15) is 0 Å². The number of nitrogens with zero attached hydrogens (tertiary/aromatic N) is 3. The Labute approximate surface area is 101 Å². The molecule has 1 N–H and O–H groups in total. The lowest BCUT2D eigenvalue weighted by atomic mass is 10.2. The van der Waals surface area contributed by atoms with Gasteiger partial charge in [-0.3, -0.25) is 4.90 Å². The molecule has 1 aliphatic rings. The van der Waals surface area contributed by atoms with Gasteiger partial charge in [-0.15, -0.1) is 0 Å². The van der Waals surface area contributed by atoms with Crippen molar-refractivity contribution in [2.75, 3.05) is 26.2 Å². The van der Waals surface area contributed by atoms with E-state index in [1.54, 1.807) is 0 Å². The molecule has 2 aromatic rings. The Kier molecular flexibility index (Phi) is 2.82. The number of aryl methyl sites for hydroxylation is 1. The van der Waals surface area contributed by atoms with E-state index in [1.807, 2.05) is 13.1 Å². The second-order valence-electron chi connectivity index (χ2n) is 4.66. The second-order valence-corrected chi connectivity index (χ2v) is 4.66. The minimum atomic E-state index is 1.04. The topological polar surface area (TPSA) is 32.6 Å². The molecule has 0 aliphatic carbocycles. The van der Waals surface area contributed by atoms with E-state index in [4.69, 9.17) is 0 Å². The monoisotopic (exact) mass is 230 g/mol. The van der Waals surface area contributed by atoms with Gasteiger partial charge in [0, 0.05) is 38.9 Å². The first kappa shape index (κ1) is 10.7. The maximum absolute atomic E-state index is 4.32. The third-order valence-corrected chi connectivity index (χ3v) is 3.40. The van der Waals surface area contributed by atoms with E-state index in [0.717, 1.165) is 38.5 Å². The summed E-state index contributed by atoms with van der Waals surface area (Å²) < 4.78 is 2.13. The average molecular weight is 230 g/mol. The van der Waals surface area contributed by atoms with Crippen molar-refractivity contribution in [3.8, 4) is 0 Å². The fourth-order valence-corrected chi connectivity index (χ4v) is 2.41. The highest BCUT2D eigenvalue weighted by Crippen LogP contribution is 2.11. The summed E-state index contributed by atoms with van der Waals surface area (Å²) in [4.78, 5) is 6.81. The Morgan fingerprint density at radius 2 is 2.18 bits per heavy atom. The van der Waals surface area contributed by atoms with Crippen molar-refractivity contribution in [1.29, 1.82) is 0 Å². The van der Waals surface area contributed by atoms with Crippen LogP contribution in [0.15, 0.2) is 24.5 Å². The van der Waals surface area contributed by atoms with Gasteiger partial charge in [0.2, 0.25) is 0 Å². The number of rotatable bonds is 2. The van der Waals surface area contributed by atoms with Gasteiger partial charge in [0.1, 0.15) is 5.82 Å². The van der Waals surface area contributed by atoms with Crippen LogP contribution < -0.4 is 5.32 Å². The number of piperazine rings is 1. The van der Waals surface area contributed by atoms with Crippen LogP contribution in [-0.2, 0) is 6.54 Å². The average Bonchev–Trinajstić information content (AvgIpc) is 2.72. The molecular formula is C13H18N4. The van der Waals surface area contributed by atoms with Gasteiger partial charge in [0.15, 0.2) is 0 Å². The predicted octanol–water partition coefficient (Wildman–Crippen LogP) is 1.05. The number of pyridine rings is 1. The lowest BCUT2D eigenvalue weighted by Gasteiger charge is -2.27. The maximum atomic E-state index is 4.32. The van der Waals surface area contributed by atoms with Crippen molar-refractivity contribution in [1.82, 2.24) is 19.6 Å². The Bertz CT molecular complexity index is 511. The summed E-state index contributed by atoms with van der Waals surface area (Å²) in [5.74, 6) is 1.05. The molecule has 90 valence electrons. The quantitative estimate of drug-likeness (QED) is 0.837. The zero-order chi connectivity index (χ0) is 11.7. The first-order valence-electron chi connectivity index (χ1n) is 6.18. The van der Waals surface area contributed by atoms with Crippen LogP contribution in [0.25, 0.3) is 5.52 Å². The van der Waals surface area contributed by atoms with Crippen LogP contribution in [0.4, 0.5) is 0 Å². The first-order chi connectivity index (χ1) is 8.33. The Hall–Kier alpha value is -1.39. The van der Waals surface area contributed by atoms with Crippen molar-refractivity contribution in [2.24, 2.45) is 0 Å². The van der Waals surface area contributed by atoms with Crippen molar-refractivity contribution < 1.29 is 0 Å². The molecule has 3 heterocycles. The molecule has 4 nitrogen and oxygen atoms in total. The van der Waals surface area contributed by atoms with Crippen LogP contribution in [0.3, 0.4) is 0 Å². The lowest BCUT2D eigenvalue weighted by Crippen LogP contribution is -2.42. The summed E-state index contributed by atoms with van der Waals surface area (Å²) in [6.45, 7) is 7.57. The van der Waals surface area contributed by atoms with Crippen LogP contribution in [-0.4, -0.2) is 40.5 Å². The highest BCUT2D eigenvalue weighted by atomic mass is 15.2. The van der Waals surface area contributed by atoms with Gasteiger partial charge < -0.3 is 9.72 Å². The summed E-state index contributed by atoms with van der Waals surface area (Å²) in [5.41, 5.74) is 2.56. The molecule has 0 unspecified atom stereocenters. The molecule has 1 fully saturated rings. The zero-order valence-corrected chi connectivity index (χ0v) is 10.2. The minimum Gasteiger partial charge on any atom is -0.314 e. The molecule has 0 atom stereocenters. The van der Waals surface area contributed by atoms with Crippen LogP contribution in [0.5, 0.6) is 0 Å². The summed E-state index contributed by atoms with van der Waals surface area (Å²) in [5, 5.41) is 3.38. The molecule has 1 aliphatic heterocycles. The molecular weight excluding hydrogens is 212 g/mol. The third kappa shape index (κ3) is 2.18. The number of aromatic nitrogens is 2. The van der Waals surface area contributed by atoms with Crippen LogP contribution in [0.2, 0.25) is 0 Å². The van der Waals surface area contributed by atoms with E-state index in [0.29, 0.717) is 0 Å². The highest BCUT2D eigenvalue weighted by molar-refractivity contribution is 5.48. The number of hydrogen-bond donors (Lipinski definition) is 1. The van der Waals surface area contributed by atoms with Crippen molar-refractivity contribution >= 4 is 5.52 Å². The van der Waals surface area contributed by atoms with Crippen molar-refractivity contribution in [3.63, 3.8) is 0 Å². The summed E-state index contributed by atoms with van der Waals surface area (Å²) in [6, 6.07) is 4.44. The smallest absolute Gasteiger partial charge is 0.110 e. The fraction of sp³-hybridized carbons (Fsp3) is 0.462. The highest BCUT2D eigenvalue weighted by Gasteiger charge is 2.10. The van der Waals surface area contributed by atoms with Gasteiger partial charge in [-0.2, -0.15) is 0 Å². The first-order valence-corrected chi connectivity index (χ1v) is 6.18. The molecule has 17 heavy (non-hydrogen) atoms. The summed E-state index contributed by atoms with van der Waals surface area (Å²) in [7, 11) is 0. The Morgan fingerprint density at radius 1 is 1.35 bits per heavy atom. The Morgan fingerprint density at radius 3 is 3.00 bits per heavy atom. The predicted molar refractivity (Wildman–Crippen MR) is 68.1 cm³/mol. The maximum Gasteiger partial charge on any atom is 0.110 e. The number of nitrogens with one attached hydrogen (secondary N) is 1. The lowest BCUT2D eigenvalue weighted by molar-refractivity contribution is 0.233. The number of imidazole rings is 1. The molecule has 0 saturated carbocycles. The second kappa shape index (κ2) is 4.47. The molecule has 4 heteroatoms. The molecule has 0 aromatic carbocycles. The Balaban J connectivity index is 1.80. The van der Waals surface area contributed by atoms with E-state index >= 15 is 0 Å². The van der Waals surface area contributed by atoms with E-state index in [1.165, 1.54) is 11.1 Å². The van der Waals surface area contributed by atoms with E-state index in [-0.39, 0.29) is 0 Å². The molecule has 0 radical (unpaired) electrons. The van der Waals surface area contributed by atoms with E-state index < -0.39 is 0 Å². The molecule has 1 saturated heterocycles. The van der Waals surface area contributed by atoms with E-state index in [2.05, 4.69) is 37.9 Å². The van der Waals surface area contributed by atoms with Gasteiger partial charge in [0.05, 0.1) is 11.7 Å². The van der Waals surface area contributed by atoms with Crippen molar-refractivity contribution in [3.05, 3.63) is 35.9 Å². The molecule has 3 rings (SSSR count). The minimum absolute atomic E-state index is 1.04. The SMILES string of the molecule is Cc1ncc2cc(CN3CCNCC3)ccn12. The van der Waals surface area contributed by atoms with Gasteiger partial charge in [0.25, 0.3) is 0 Å². The van der Waals surface area contributed by atoms with Crippen LogP contribution in [0.1, 0.15) is 11.4 Å². The van der Waals surface area contributed by atoms with Gasteiger partial charge in [-0.05, 0) is 24.6 Å². The number of hydrogen-bond acceptors (Lipinski definition) is 3. The summed E-state index contributed by atoms with van der Waals surface area (Å²) >= 11 is 0. The largest absolute Gasteiger partial charge is 0.314 e. The molecule has 0 amide bonds. The number of fused-ring (bicyclic) bond motifs is 1. The summed E-state index contributed by atoms with van der Waals surface area (Å²) in [6.07, 6.45) is 4.06.